The van der Waals surface area contributed by atoms with Gasteiger partial charge in [0.2, 0.25) is 0 Å². The third-order valence-corrected chi connectivity index (χ3v) is 6.35. The molecular weight excluding hydrogens is 412 g/mol. The summed E-state index contributed by atoms with van der Waals surface area (Å²) in [6, 6.07) is 0. The Hall–Kier alpha value is -2.65. The molecule has 0 aromatic heterocycles. The topological polar surface area (TPSA) is 164 Å². The Labute approximate surface area is 179 Å². The minimum atomic E-state index is -1.74. The second-order valence-corrected chi connectivity index (χ2v) is 8.75. The molecule has 31 heavy (non-hydrogen) atoms. The minimum absolute atomic E-state index is 0.354. The van der Waals surface area contributed by atoms with E-state index >= 15 is 0 Å². The van der Waals surface area contributed by atoms with E-state index in [4.69, 9.17) is 9.47 Å². The molecule has 2 aliphatic rings. The minimum Gasteiger partial charge on any atom is -0.481 e. The summed E-state index contributed by atoms with van der Waals surface area (Å²) in [7, 11) is 0. The van der Waals surface area contributed by atoms with Crippen LogP contribution in [0.1, 0.15) is 58.3 Å². The van der Waals surface area contributed by atoms with Gasteiger partial charge in [0.05, 0.1) is 23.7 Å². The molecule has 0 aliphatic heterocycles. The van der Waals surface area contributed by atoms with Crippen LogP contribution in [0.25, 0.3) is 0 Å². The van der Waals surface area contributed by atoms with Crippen molar-refractivity contribution in [2.75, 3.05) is 13.2 Å². The SMILES string of the molecule is CC(COC(=O)C1CCCCC1C(=O)O)(COC(=O)C1CCCCC1C(=O)O)C(=O)O. The van der Waals surface area contributed by atoms with Crippen LogP contribution >= 0.6 is 0 Å². The number of carboxylic acid groups (broad SMARTS) is 3. The number of rotatable bonds is 9. The lowest BCUT2D eigenvalue weighted by Crippen LogP contribution is -2.42. The van der Waals surface area contributed by atoms with E-state index in [0.717, 1.165) is 0 Å². The maximum atomic E-state index is 12.4. The largest absolute Gasteiger partial charge is 0.481 e. The Morgan fingerprint density at radius 3 is 1.29 bits per heavy atom. The second-order valence-electron chi connectivity index (χ2n) is 8.75. The monoisotopic (exact) mass is 442 g/mol. The molecule has 2 fully saturated rings. The molecule has 4 unspecified atom stereocenters. The van der Waals surface area contributed by atoms with Crippen LogP contribution in [0, 0.1) is 29.1 Å². The van der Waals surface area contributed by atoms with Gasteiger partial charge in [-0.05, 0) is 32.6 Å². The highest BCUT2D eigenvalue weighted by Gasteiger charge is 2.42. The highest BCUT2D eigenvalue weighted by molar-refractivity contribution is 5.83. The summed E-state index contributed by atoms with van der Waals surface area (Å²) in [6.07, 6.45) is 4.18. The molecule has 2 aliphatic carbocycles. The number of hydrogen-bond acceptors (Lipinski definition) is 7. The zero-order valence-corrected chi connectivity index (χ0v) is 17.6. The van der Waals surface area contributed by atoms with Gasteiger partial charge in [-0.1, -0.05) is 25.7 Å². The second kappa shape index (κ2) is 10.6. The lowest BCUT2D eigenvalue weighted by atomic mass is 9.79. The fourth-order valence-electron chi connectivity index (χ4n) is 4.26. The van der Waals surface area contributed by atoms with E-state index in [2.05, 4.69) is 0 Å². The smallest absolute Gasteiger partial charge is 0.316 e. The van der Waals surface area contributed by atoms with Crippen LogP contribution in [0.4, 0.5) is 0 Å². The zero-order valence-electron chi connectivity index (χ0n) is 17.6. The maximum absolute atomic E-state index is 12.4. The normalized spacial score (nSPS) is 28.0. The number of carboxylic acids is 3. The molecule has 0 bridgehead atoms. The van der Waals surface area contributed by atoms with Gasteiger partial charge < -0.3 is 24.8 Å². The van der Waals surface area contributed by atoms with Gasteiger partial charge in [0.1, 0.15) is 18.6 Å². The van der Waals surface area contributed by atoms with Crippen molar-refractivity contribution in [3.8, 4) is 0 Å². The van der Waals surface area contributed by atoms with Crippen molar-refractivity contribution in [1.82, 2.24) is 0 Å². The van der Waals surface area contributed by atoms with E-state index in [1.54, 1.807) is 0 Å². The Kier molecular flexibility index (Phi) is 8.41. The first kappa shape index (κ1) is 24.6. The maximum Gasteiger partial charge on any atom is 0.316 e. The van der Waals surface area contributed by atoms with Crippen molar-refractivity contribution >= 4 is 29.8 Å². The fraction of sp³-hybridized carbons (Fsp3) is 0.762. The summed E-state index contributed by atoms with van der Waals surface area (Å²) in [5, 5.41) is 28.2. The van der Waals surface area contributed by atoms with E-state index in [0.29, 0.717) is 51.4 Å². The Morgan fingerprint density at radius 1 is 0.677 bits per heavy atom. The van der Waals surface area contributed by atoms with Crippen molar-refractivity contribution in [2.45, 2.75) is 58.3 Å². The highest BCUT2D eigenvalue weighted by atomic mass is 16.6. The van der Waals surface area contributed by atoms with Gasteiger partial charge >= 0.3 is 29.8 Å². The summed E-state index contributed by atoms with van der Waals surface area (Å²) in [5.41, 5.74) is -1.74. The summed E-state index contributed by atoms with van der Waals surface area (Å²) in [6.45, 7) is 0.0651. The van der Waals surface area contributed by atoms with Crippen LogP contribution in [0.15, 0.2) is 0 Å². The summed E-state index contributed by atoms with van der Waals surface area (Å²) < 4.78 is 10.3. The van der Waals surface area contributed by atoms with Gasteiger partial charge in [0, 0.05) is 0 Å². The molecule has 10 nitrogen and oxygen atoms in total. The Balaban J connectivity index is 1.97. The van der Waals surface area contributed by atoms with E-state index in [9.17, 15) is 39.3 Å². The number of esters is 2. The average molecular weight is 442 g/mol. The first-order valence-electron chi connectivity index (χ1n) is 10.6. The molecular formula is C21H30O10. The quantitative estimate of drug-likeness (QED) is 0.449. The molecule has 10 heteroatoms. The molecule has 0 heterocycles. The highest BCUT2D eigenvalue weighted by Crippen LogP contribution is 2.33. The van der Waals surface area contributed by atoms with Crippen LogP contribution in [0.5, 0.6) is 0 Å². The fourth-order valence-corrected chi connectivity index (χ4v) is 4.26. The molecule has 2 rings (SSSR count). The summed E-state index contributed by atoms with van der Waals surface area (Å²) >= 11 is 0. The molecule has 0 spiro atoms. The van der Waals surface area contributed by atoms with Gasteiger partial charge in [0.25, 0.3) is 0 Å². The molecule has 4 atom stereocenters. The number of carbonyl (C=O) groups is 5. The van der Waals surface area contributed by atoms with E-state index in [1.165, 1.54) is 6.92 Å². The van der Waals surface area contributed by atoms with Crippen molar-refractivity contribution < 1.29 is 48.8 Å². The summed E-state index contributed by atoms with van der Waals surface area (Å²) in [4.78, 5) is 59.4. The number of carbonyl (C=O) groups excluding carboxylic acids is 2. The van der Waals surface area contributed by atoms with Crippen molar-refractivity contribution in [3.05, 3.63) is 0 Å². The predicted octanol–water partition coefficient (Wildman–Crippen LogP) is 1.95. The van der Waals surface area contributed by atoms with Crippen molar-refractivity contribution in [2.24, 2.45) is 29.1 Å². The number of aliphatic carboxylic acids is 3. The number of hydrogen-bond donors (Lipinski definition) is 3. The van der Waals surface area contributed by atoms with Crippen LogP contribution in [0.3, 0.4) is 0 Å². The summed E-state index contributed by atoms with van der Waals surface area (Å²) in [5.74, 6) is -8.49. The van der Waals surface area contributed by atoms with Crippen LogP contribution < -0.4 is 0 Å². The third kappa shape index (κ3) is 6.18. The van der Waals surface area contributed by atoms with Gasteiger partial charge in [-0.3, -0.25) is 24.0 Å². The first-order valence-corrected chi connectivity index (χ1v) is 10.6. The van der Waals surface area contributed by atoms with Gasteiger partial charge in [-0.25, -0.2) is 0 Å². The Bertz CT molecular complexity index is 665. The lowest BCUT2D eigenvalue weighted by molar-refractivity contribution is -0.174. The number of ether oxygens (including phenoxy) is 2. The average Bonchev–Trinajstić information content (AvgIpc) is 2.75. The van der Waals surface area contributed by atoms with Gasteiger partial charge in [-0.2, -0.15) is 0 Å². The van der Waals surface area contributed by atoms with Gasteiger partial charge in [-0.15, -0.1) is 0 Å². The molecule has 0 radical (unpaired) electrons. The van der Waals surface area contributed by atoms with Crippen molar-refractivity contribution in [1.29, 1.82) is 0 Å². The molecule has 0 amide bonds. The third-order valence-electron chi connectivity index (χ3n) is 6.35. The lowest BCUT2D eigenvalue weighted by Gasteiger charge is -2.30. The molecule has 0 aromatic rings. The molecule has 3 N–H and O–H groups in total. The molecule has 2 saturated carbocycles. The van der Waals surface area contributed by atoms with E-state index in [-0.39, 0.29) is 0 Å². The first-order chi connectivity index (χ1) is 14.6. The van der Waals surface area contributed by atoms with Crippen LogP contribution in [-0.2, 0) is 33.4 Å². The molecule has 174 valence electrons. The van der Waals surface area contributed by atoms with E-state index in [1.807, 2.05) is 0 Å². The van der Waals surface area contributed by atoms with Crippen LogP contribution in [-0.4, -0.2) is 58.4 Å². The molecule has 0 saturated heterocycles. The van der Waals surface area contributed by atoms with Crippen LogP contribution in [0.2, 0.25) is 0 Å². The predicted molar refractivity (Wildman–Crippen MR) is 104 cm³/mol. The van der Waals surface area contributed by atoms with Gasteiger partial charge in [0.15, 0.2) is 0 Å². The standard InChI is InChI=1S/C21H30O10/c1-21(20(28)29,10-30-18(26)14-8-4-2-6-12(14)16(22)23)11-31-19(27)15-9-5-3-7-13(15)17(24)25/h12-15H,2-11H2,1H3,(H,22,23)(H,24,25)(H,28,29). The van der Waals surface area contributed by atoms with Crippen molar-refractivity contribution in [3.63, 3.8) is 0 Å². The zero-order chi connectivity index (χ0) is 23.2. The molecule has 0 aromatic carbocycles. The Morgan fingerprint density at radius 2 is 1.00 bits per heavy atom. The van der Waals surface area contributed by atoms with E-state index < -0.39 is 72.1 Å².